The molecule has 5 nitrogen and oxygen atoms in total. The highest BCUT2D eigenvalue weighted by Gasteiger charge is 2.20. The molecule has 0 spiro atoms. The second-order valence-corrected chi connectivity index (χ2v) is 5.12. The zero-order valence-electron chi connectivity index (χ0n) is 12.2. The van der Waals surface area contributed by atoms with Crippen LogP contribution < -0.4 is 11.1 Å². The van der Waals surface area contributed by atoms with E-state index in [9.17, 15) is 4.79 Å². The molecular formula is C15H23N3O2. The number of benzene rings is 1. The van der Waals surface area contributed by atoms with E-state index in [4.69, 9.17) is 10.5 Å². The summed E-state index contributed by atoms with van der Waals surface area (Å²) in [7, 11) is 0. The summed E-state index contributed by atoms with van der Waals surface area (Å²) in [6.45, 7) is 8.11. The molecule has 0 aromatic heterocycles. The highest BCUT2D eigenvalue weighted by atomic mass is 16.5. The van der Waals surface area contributed by atoms with Gasteiger partial charge in [-0.05, 0) is 31.2 Å². The lowest BCUT2D eigenvalue weighted by molar-refractivity contribution is -0.0246. The molecule has 1 aromatic rings. The number of hydrogen-bond donors (Lipinski definition) is 2. The van der Waals surface area contributed by atoms with Crippen LogP contribution in [0.15, 0.2) is 18.2 Å². The van der Waals surface area contributed by atoms with Gasteiger partial charge < -0.3 is 15.8 Å². The van der Waals surface area contributed by atoms with Crippen molar-refractivity contribution >= 4 is 11.6 Å². The van der Waals surface area contributed by atoms with Gasteiger partial charge in [0.05, 0.1) is 12.7 Å². The summed E-state index contributed by atoms with van der Waals surface area (Å²) in [6.07, 6.45) is 0.0639. The highest BCUT2D eigenvalue weighted by Crippen LogP contribution is 2.15. The molecule has 1 aromatic carbocycles. The Labute approximate surface area is 120 Å². The molecule has 5 heteroatoms. The second-order valence-electron chi connectivity index (χ2n) is 5.12. The molecule has 2 rings (SSSR count). The summed E-state index contributed by atoms with van der Waals surface area (Å²) in [5.41, 5.74) is 7.92. The first kappa shape index (κ1) is 14.8. The van der Waals surface area contributed by atoms with Crippen LogP contribution in [0.25, 0.3) is 0 Å². The van der Waals surface area contributed by atoms with Gasteiger partial charge in [0.15, 0.2) is 0 Å². The molecule has 1 aliphatic rings. The molecule has 110 valence electrons. The summed E-state index contributed by atoms with van der Waals surface area (Å²) >= 11 is 0. The quantitative estimate of drug-likeness (QED) is 0.807. The smallest absolute Gasteiger partial charge is 0.251 e. The number of nitrogens with one attached hydrogen (secondary N) is 1. The van der Waals surface area contributed by atoms with E-state index in [1.165, 1.54) is 0 Å². The third kappa shape index (κ3) is 3.49. The van der Waals surface area contributed by atoms with E-state index in [0.717, 1.165) is 31.8 Å². The van der Waals surface area contributed by atoms with Crippen molar-refractivity contribution in [3.63, 3.8) is 0 Å². The summed E-state index contributed by atoms with van der Waals surface area (Å²) < 4.78 is 5.67. The maximum Gasteiger partial charge on any atom is 0.251 e. The third-order valence-corrected chi connectivity index (χ3v) is 3.78. The standard InChI is InChI=1S/C15H23N3O2/c1-3-18-7-8-20-12(10-18)9-17-15(19)13-5-4-6-14(16)11(13)2/h4-6,12H,3,7-10,16H2,1-2H3,(H,17,19). The minimum atomic E-state index is -0.0907. The van der Waals surface area contributed by atoms with Gasteiger partial charge in [-0.1, -0.05) is 13.0 Å². The Morgan fingerprint density at radius 1 is 1.55 bits per heavy atom. The fourth-order valence-electron chi connectivity index (χ4n) is 2.39. The number of hydrogen-bond acceptors (Lipinski definition) is 4. The van der Waals surface area contributed by atoms with Crippen molar-refractivity contribution in [3.8, 4) is 0 Å². The molecule has 1 unspecified atom stereocenters. The molecule has 20 heavy (non-hydrogen) atoms. The average Bonchev–Trinajstić information content (AvgIpc) is 2.48. The van der Waals surface area contributed by atoms with Gasteiger partial charge in [0, 0.05) is 30.9 Å². The number of amides is 1. The minimum Gasteiger partial charge on any atom is -0.398 e. The fourth-order valence-corrected chi connectivity index (χ4v) is 2.39. The normalized spacial score (nSPS) is 19.8. The molecule has 1 heterocycles. The van der Waals surface area contributed by atoms with Gasteiger partial charge in [-0.2, -0.15) is 0 Å². The number of morpholine rings is 1. The SMILES string of the molecule is CCN1CCOC(CNC(=O)c2cccc(N)c2C)C1. The molecule has 1 fully saturated rings. The van der Waals surface area contributed by atoms with Crippen LogP contribution in [-0.4, -0.2) is 49.7 Å². The lowest BCUT2D eigenvalue weighted by Gasteiger charge is -2.32. The predicted octanol–water partition coefficient (Wildman–Crippen LogP) is 1.03. The summed E-state index contributed by atoms with van der Waals surface area (Å²) in [5, 5.41) is 2.94. The number of nitrogens with zero attached hydrogens (tertiary/aromatic N) is 1. The molecule has 0 radical (unpaired) electrons. The lowest BCUT2D eigenvalue weighted by atomic mass is 10.1. The fraction of sp³-hybridized carbons (Fsp3) is 0.533. The van der Waals surface area contributed by atoms with Crippen molar-refractivity contribution in [3.05, 3.63) is 29.3 Å². The largest absolute Gasteiger partial charge is 0.398 e. The molecule has 0 aliphatic carbocycles. The van der Waals surface area contributed by atoms with E-state index in [-0.39, 0.29) is 12.0 Å². The van der Waals surface area contributed by atoms with E-state index in [2.05, 4.69) is 17.1 Å². The molecule has 1 aliphatic heterocycles. The number of nitrogen functional groups attached to an aromatic ring is 1. The Hall–Kier alpha value is -1.59. The van der Waals surface area contributed by atoms with Crippen molar-refractivity contribution in [2.24, 2.45) is 0 Å². The van der Waals surface area contributed by atoms with Crippen molar-refractivity contribution in [2.75, 3.05) is 38.5 Å². The summed E-state index contributed by atoms with van der Waals surface area (Å²) in [6, 6.07) is 5.39. The number of carbonyl (C=O) groups excluding carboxylic acids is 1. The van der Waals surface area contributed by atoms with Crippen molar-refractivity contribution < 1.29 is 9.53 Å². The Morgan fingerprint density at radius 2 is 2.35 bits per heavy atom. The molecule has 1 saturated heterocycles. The van der Waals surface area contributed by atoms with Gasteiger partial charge in [-0.25, -0.2) is 0 Å². The van der Waals surface area contributed by atoms with Gasteiger partial charge in [0.1, 0.15) is 0 Å². The Morgan fingerprint density at radius 3 is 3.10 bits per heavy atom. The molecule has 1 atom stereocenters. The van der Waals surface area contributed by atoms with Crippen LogP contribution in [0.4, 0.5) is 5.69 Å². The zero-order valence-corrected chi connectivity index (χ0v) is 12.2. The van der Waals surface area contributed by atoms with E-state index >= 15 is 0 Å². The average molecular weight is 277 g/mol. The number of carbonyl (C=O) groups is 1. The van der Waals surface area contributed by atoms with E-state index in [1.54, 1.807) is 18.2 Å². The molecule has 3 N–H and O–H groups in total. The van der Waals surface area contributed by atoms with E-state index < -0.39 is 0 Å². The molecule has 0 saturated carbocycles. The first-order chi connectivity index (χ1) is 9.61. The molecule has 1 amide bonds. The van der Waals surface area contributed by atoms with Gasteiger partial charge in [-0.15, -0.1) is 0 Å². The highest BCUT2D eigenvalue weighted by molar-refractivity contribution is 5.96. The van der Waals surface area contributed by atoms with Crippen LogP contribution >= 0.6 is 0 Å². The van der Waals surface area contributed by atoms with Gasteiger partial charge in [0.25, 0.3) is 5.91 Å². The summed E-state index contributed by atoms with van der Waals surface area (Å²) in [4.78, 5) is 14.5. The van der Waals surface area contributed by atoms with Crippen LogP contribution in [0, 0.1) is 6.92 Å². The molecule has 0 bridgehead atoms. The minimum absolute atomic E-state index is 0.0639. The number of ether oxygens (including phenoxy) is 1. The number of rotatable bonds is 4. The maximum atomic E-state index is 12.2. The topological polar surface area (TPSA) is 67.6 Å². The zero-order chi connectivity index (χ0) is 14.5. The maximum absolute atomic E-state index is 12.2. The van der Waals surface area contributed by atoms with Gasteiger partial charge in [-0.3, -0.25) is 9.69 Å². The van der Waals surface area contributed by atoms with Crippen LogP contribution in [0.3, 0.4) is 0 Å². The van der Waals surface area contributed by atoms with Crippen molar-refractivity contribution in [1.29, 1.82) is 0 Å². The van der Waals surface area contributed by atoms with Crippen molar-refractivity contribution in [2.45, 2.75) is 20.0 Å². The summed E-state index contributed by atoms with van der Waals surface area (Å²) in [5.74, 6) is -0.0907. The Kier molecular flexibility index (Phi) is 4.98. The molecular weight excluding hydrogens is 254 g/mol. The predicted molar refractivity (Wildman–Crippen MR) is 79.8 cm³/mol. The first-order valence-electron chi connectivity index (χ1n) is 7.09. The lowest BCUT2D eigenvalue weighted by Crippen LogP contribution is -2.47. The number of anilines is 1. The van der Waals surface area contributed by atoms with Gasteiger partial charge in [0.2, 0.25) is 0 Å². The van der Waals surface area contributed by atoms with Gasteiger partial charge >= 0.3 is 0 Å². The van der Waals surface area contributed by atoms with Crippen LogP contribution in [0.2, 0.25) is 0 Å². The van der Waals surface area contributed by atoms with Crippen LogP contribution in [0.5, 0.6) is 0 Å². The second kappa shape index (κ2) is 6.72. The van der Waals surface area contributed by atoms with E-state index in [0.29, 0.717) is 17.8 Å². The number of likely N-dealkylation sites (N-methyl/N-ethyl adjacent to an activating group) is 1. The Bertz CT molecular complexity index is 476. The van der Waals surface area contributed by atoms with Crippen LogP contribution in [0.1, 0.15) is 22.8 Å². The first-order valence-corrected chi connectivity index (χ1v) is 7.09. The monoisotopic (exact) mass is 277 g/mol. The third-order valence-electron chi connectivity index (χ3n) is 3.78. The van der Waals surface area contributed by atoms with E-state index in [1.807, 2.05) is 6.92 Å². The van der Waals surface area contributed by atoms with Crippen molar-refractivity contribution in [1.82, 2.24) is 10.2 Å². The Balaban J connectivity index is 1.90. The number of nitrogens with two attached hydrogens (primary N) is 1. The van der Waals surface area contributed by atoms with Crippen LogP contribution in [-0.2, 0) is 4.74 Å².